The maximum absolute atomic E-state index is 14.2. The summed E-state index contributed by atoms with van der Waals surface area (Å²) in [5.41, 5.74) is 3.13. The van der Waals surface area contributed by atoms with Gasteiger partial charge in [-0.3, -0.25) is 4.79 Å². The number of hydrogen-bond donors (Lipinski definition) is 2. The zero-order valence-corrected chi connectivity index (χ0v) is 15.8. The van der Waals surface area contributed by atoms with Crippen molar-refractivity contribution in [1.82, 2.24) is 10.3 Å². The summed E-state index contributed by atoms with van der Waals surface area (Å²) in [6.45, 7) is 3.31. The van der Waals surface area contributed by atoms with Gasteiger partial charge in [-0.25, -0.2) is 8.78 Å². The fraction of sp³-hybridized carbons (Fsp3) is 0.318. The molecule has 0 aliphatic carbocycles. The third-order valence-electron chi connectivity index (χ3n) is 5.31. The number of carbonyl (C=O) groups excluding carboxylic acids is 1. The molecule has 4 nitrogen and oxygen atoms in total. The normalized spacial score (nSPS) is 17.1. The van der Waals surface area contributed by atoms with Gasteiger partial charge in [0.15, 0.2) is 0 Å². The average molecular weight is 383 g/mol. The fourth-order valence-corrected chi connectivity index (χ4v) is 3.94. The second-order valence-corrected chi connectivity index (χ2v) is 7.49. The van der Waals surface area contributed by atoms with E-state index >= 15 is 0 Å². The summed E-state index contributed by atoms with van der Waals surface area (Å²) in [5, 5.41) is 3.93. The minimum absolute atomic E-state index is 0.0242. The molecule has 28 heavy (non-hydrogen) atoms. The number of fused-ring (bicyclic) bond motifs is 1. The molecule has 4 rings (SSSR count). The lowest BCUT2D eigenvalue weighted by Gasteiger charge is -2.35. The highest BCUT2D eigenvalue weighted by Crippen LogP contribution is 2.25. The summed E-state index contributed by atoms with van der Waals surface area (Å²) >= 11 is 0. The Morgan fingerprint density at radius 1 is 1.25 bits per heavy atom. The molecule has 1 aliphatic heterocycles. The van der Waals surface area contributed by atoms with E-state index < -0.39 is 0 Å². The van der Waals surface area contributed by atoms with E-state index in [4.69, 9.17) is 0 Å². The average Bonchev–Trinajstić information content (AvgIpc) is 3.05. The standard InChI is InChI=1S/C22H23F2N3O/c1-14-4-7-19(24)21(9-14)27-8-2-3-17(13-27)26-22(28)10-15-12-25-20-11-16(23)5-6-18(15)20/h4-7,9,11-12,17,25H,2-3,8,10,13H2,1H3,(H,26,28). The topological polar surface area (TPSA) is 48.1 Å². The van der Waals surface area contributed by atoms with E-state index in [9.17, 15) is 13.6 Å². The van der Waals surface area contributed by atoms with Crippen LogP contribution in [0.5, 0.6) is 0 Å². The predicted octanol–water partition coefficient (Wildman–Crippen LogP) is 4.08. The van der Waals surface area contributed by atoms with Crippen molar-refractivity contribution in [3.8, 4) is 0 Å². The molecule has 0 radical (unpaired) electrons. The molecular weight excluding hydrogens is 360 g/mol. The maximum atomic E-state index is 14.2. The highest BCUT2D eigenvalue weighted by atomic mass is 19.1. The number of nitrogens with zero attached hydrogens (tertiary/aromatic N) is 1. The molecule has 2 heterocycles. The number of aromatic nitrogens is 1. The zero-order chi connectivity index (χ0) is 19.7. The van der Waals surface area contributed by atoms with Crippen LogP contribution in [0.2, 0.25) is 0 Å². The Bertz CT molecular complexity index is 1010. The lowest BCUT2D eigenvalue weighted by atomic mass is 10.0. The van der Waals surface area contributed by atoms with E-state index in [2.05, 4.69) is 10.3 Å². The highest BCUT2D eigenvalue weighted by Gasteiger charge is 2.23. The number of nitrogens with one attached hydrogen (secondary N) is 2. The predicted molar refractivity (Wildman–Crippen MR) is 106 cm³/mol. The number of piperidine rings is 1. The molecule has 0 bridgehead atoms. The highest BCUT2D eigenvalue weighted by molar-refractivity contribution is 5.89. The van der Waals surface area contributed by atoms with Crippen molar-refractivity contribution in [3.63, 3.8) is 0 Å². The van der Waals surface area contributed by atoms with Gasteiger partial charge in [0.2, 0.25) is 5.91 Å². The molecule has 1 atom stereocenters. The monoisotopic (exact) mass is 383 g/mol. The number of carbonyl (C=O) groups is 1. The molecule has 3 aromatic rings. The van der Waals surface area contributed by atoms with E-state index in [1.54, 1.807) is 18.3 Å². The fourth-order valence-electron chi connectivity index (χ4n) is 3.94. The largest absolute Gasteiger partial charge is 0.367 e. The van der Waals surface area contributed by atoms with Crippen molar-refractivity contribution in [3.05, 3.63) is 65.4 Å². The van der Waals surface area contributed by atoms with Gasteiger partial charge in [-0.1, -0.05) is 6.07 Å². The van der Waals surface area contributed by atoms with Gasteiger partial charge in [0.05, 0.1) is 12.1 Å². The molecule has 1 aliphatic rings. The van der Waals surface area contributed by atoms with Gasteiger partial charge in [0.25, 0.3) is 0 Å². The first-order chi connectivity index (χ1) is 13.5. The van der Waals surface area contributed by atoms with Crippen molar-refractivity contribution in [2.24, 2.45) is 0 Å². The molecule has 1 aromatic heterocycles. The Morgan fingerprint density at radius 3 is 2.96 bits per heavy atom. The van der Waals surface area contributed by atoms with Crippen LogP contribution in [0.3, 0.4) is 0 Å². The van der Waals surface area contributed by atoms with Gasteiger partial charge in [-0.05, 0) is 61.2 Å². The van der Waals surface area contributed by atoms with Gasteiger partial charge in [0.1, 0.15) is 11.6 Å². The molecule has 1 fully saturated rings. The van der Waals surface area contributed by atoms with Crippen LogP contribution in [0.25, 0.3) is 10.9 Å². The third-order valence-corrected chi connectivity index (χ3v) is 5.31. The minimum atomic E-state index is -0.309. The lowest BCUT2D eigenvalue weighted by molar-refractivity contribution is -0.121. The summed E-state index contributed by atoms with van der Waals surface area (Å²) < 4.78 is 27.5. The van der Waals surface area contributed by atoms with Gasteiger partial charge >= 0.3 is 0 Å². The number of halogens is 2. The Kier molecular flexibility index (Phi) is 5.03. The second kappa shape index (κ2) is 7.62. The van der Waals surface area contributed by atoms with Gasteiger partial charge in [0, 0.05) is 36.2 Å². The molecule has 1 saturated heterocycles. The molecule has 1 amide bonds. The summed E-state index contributed by atoms with van der Waals surface area (Å²) in [4.78, 5) is 17.6. The SMILES string of the molecule is Cc1ccc(F)c(N2CCCC(NC(=O)Cc3c[nH]c4cc(F)ccc34)C2)c1. The summed E-state index contributed by atoms with van der Waals surface area (Å²) in [6, 6.07) is 9.59. The van der Waals surface area contributed by atoms with Crippen LogP contribution in [0, 0.1) is 18.6 Å². The number of aromatic amines is 1. The first-order valence-corrected chi connectivity index (χ1v) is 9.55. The Balaban J connectivity index is 1.42. The first-order valence-electron chi connectivity index (χ1n) is 9.55. The summed E-state index contributed by atoms with van der Waals surface area (Å²) in [7, 11) is 0. The lowest BCUT2D eigenvalue weighted by Crippen LogP contribution is -2.48. The van der Waals surface area contributed by atoms with Crippen molar-refractivity contribution in [1.29, 1.82) is 0 Å². The molecule has 6 heteroatoms. The van der Waals surface area contributed by atoms with Crippen LogP contribution in [-0.4, -0.2) is 30.0 Å². The molecule has 0 saturated carbocycles. The van der Waals surface area contributed by atoms with Crippen LogP contribution < -0.4 is 10.2 Å². The van der Waals surface area contributed by atoms with Crippen molar-refractivity contribution < 1.29 is 13.6 Å². The molecular formula is C22H23F2N3O. The Labute approximate surface area is 162 Å². The number of amides is 1. The van der Waals surface area contributed by atoms with Gasteiger partial charge in [-0.15, -0.1) is 0 Å². The smallest absolute Gasteiger partial charge is 0.224 e. The molecule has 0 spiro atoms. The van der Waals surface area contributed by atoms with E-state index in [0.29, 0.717) is 17.7 Å². The van der Waals surface area contributed by atoms with Crippen LogP contribution in [0.4, 0.5) is 14.5 Å². The second-order valence-electron chi connectivity index (χ2n) is 7.49. The van der Waals surface area contributed by atoms with Crippen LogP contribution in [-0.2, 0) is 11.2 Å². The Hall–Kier alpha value is -2.89. The quantitative estimate of drug-likeness (QED) is 0.713. The molecule has 2 N–H and O–H groups in total. The Morgan fingerprint density at radius 2 is 2.11 bits per heavy atom. The molecule has 1 unspecified atom stereocenters. The minimum Gasteiger partial charge on any atom is -0.367 e. The number of anilines is 1. The molecule has 146 valence electrons. The first kappa shape index (κ1) is 18.5. The summed E-state index contributed by atoms with van der Waals surface area (Å²) in [6.07, 6.45) is 3.74. The van der Waals surface area contributed by atoms with E-state index in [-0.39, 0.29) is 30.0 Å². The van der Waals surface area contributed by atoms with Crippen LogP contribution >= 0.6 is 0 Å². The van der Waals surface area contributed by atoms with E-state index in [0.717, 1.165) is 35.9 Å². The number of benzene rings is 2. The number of rotatable bonds is 4. The van der Waals surface area contributed by atoms with Gasteiger partial charge < -0.3 is 15.2 Å². The van der Waals surface area contributed by atoms with Crippen LogP contribution in [0.1, 0.15) is 24.0 Å². The van der Waals surface area contributed by atoms with Crippen molar-refractivity contribution in [2.75, 3.05) is 18.0 Å². The number of H-pyrrole nitrogens is 1. The van der Waals surface area contributed by atoms with Crippen LogP contribution in [0.15, 0.2) is 42.6 Å². The van der Waals surface area contributed by atoms with E-state index in [1.165, 1.54) is 18.2 Å². The summed E-state index contributed by atoms with van der Waals surface area (Å²) in [5.74, 6) is -0.624. The third kappa shape index (κ3) is 3.86. The number of hydrogen-bond acceptors (Lipinski definition) is 2. The zero-order valence-electron chi connectivity index (χ0n) is 15.8. The van der Waals surface area contributed by atoms with Gasteiger partial charge in [-0.2, -0.15) is 0 Å². The number of aryl methyl sites for hydroxylation is 1. The molecule has 2 aromatic carbocycles. The van der Waals surface area contributed by atoms with Crippen molar-refractivity contribution >= 4 is 22.5 Å². The van der Waals surface area contributed by atoms with Crippen molar-refractivity contribution in [2.45, 2.75) is 32.2 Å². The maximum Gasteiger partial charge on any atom is 0.224 e. The van der Waals surface area contributed by atoms with E-state index in [1.807, 2.05) is 17.9 Å².